The van der Waals surface area contributed by atoms with Crippen LogP contribution >= 0.6 is 0 Å². The third-order valence-corrected chi connectivity index (χ3v) is 5.37. The number of amides is 1. The van der Waals surface area contributed by atoms with Crippen LogP contribution in [0.5, 0.6) is 0 Å². The van der Waals surface area contributed by atoms with Gasteiger partial charge in [-0.2, -0.15) is 0 Å². The summed E-state index contributed by atoms with van der Waals surface area (Å²) in [5.74, 6) is 0. The van der Waals surface area contributed by atoms with Crippen LogP contribution in [0.3, 0.4) is 0 Å². The first-order valence-corrected chi connectivity index (χ1v) is 9.91. The van der Waals surface area contributed by atoms with E-state index in [2.05, 4.69) is 10.3 Å². The number of hydrogen-bond acceptors (Lipinski definition) is 6. The summed E-state index contributed by atoms with van der Waals surface area (Å²) in [6.45, 7) is 6.67. The second kappa shape index (κ2) is 8.10. The number of imidazole rings is 1. The van der Waals surface area contributed by atoms with Crippen molar-refractivity contribution in [1.29, 1.82) is 0 Å². The molecule has 0 bridgehead atoms. The van der Waals surface area contributed by atoms with E-state index < -0.39 is 27.8 Å². The van der Waals surface area contributed by atoms with Crippen LogP contribution < -0.4 is 5.32 Å². The number of nitrogens with one attached hydrogen (secondary N) is 1. The van der Waals surface area contributed by atoms with Crippen molar-refractivity contribution < 1.29 is 23.1 Å². The third kappa shape index (κ3) is 5.54. The molecule has 2 N–H and O–H groups in total. The number of rotatable bonds is 6. The van der Waals surface area contributed by atoms with Gasteiger partial charge in [0.05, 0.1) is 23.2 Å². The van der Waals surface area contributed by atoms with Crippen molar-refractivity contribution in [2.75, 3.05) is 6.61 Å². The molecule has 27 heavy (non-hydrogen) atoms. The highest BCUT2D eigenvalue weighted by Crippen LogP contribution is 2.17. The van der Waals surface area contributed by atoms with Gasteiger partial charge in [-0.25, -0.2) is 22.2 Å². The second-order valence-corrected chi connectivity index (χ2v) is 9.04. The number of alkyl carbamates (subject to hydrolysis) is 1. The highest BCUT2D eigenvalue weighted by molar-refractivity contribution is 7.90. The van der Waals surface area contributed by atoms with Gasteiger partial charge in [-0.1, -0.05) is 17.7 Å². The van der Waals surface area contributed by atoms with E-state index in [9.17, 15) is 18.3 Å². The smallest absolute Gasteiger partial charge is 0.407 e. The Morgan fingerprint density at radius 3 is 2.48 bits per heavy atom. The Morgan fingerprint density at radius 1 is 1.30 bits per heavy atom. The average Bonchev–Trinajstić information content (AvgIpc) is 3.01. The van der Waals surface area contributed by atoms with E-state index in [-0.39, 0.29) is 17.9 Å². The van der Waals surface area contributed by atoms with Gasteiger partial charge in [0.25, 0.3) is 10.0 Å². The molecule has 2 aromatic rings. The second-order valence-electron chi connectivity index (χ2n) is 7.23. The van der Waals surface area contributed by atoms with Crippen LogP contribution in [-0.4, -0.2) is 46.8 Å². The fraction of sp³-hybridized carbons (Fsp3) is 0.444. The third-order valence-electron chi connectivity index (χ3n) is 3.65. The Hall–Kier alpha value is -2.39. The minimum Gasteiger partial charge on any atom is -0.444 e. The molecule has 0 saturated carbocycles. The molecule has 0 aliphatic rings. The number of hydrogen-bond donors (Lipinski definition) is 2. The molecule has 2 rings (SSSR count). The first kappa shape index (κ1) is 20.9. The lowest BCUT2D eigenvalue weighted by molar-refractivity contribution is 0.0482. The number of aryl methyl sites for hydroxylation is 1. The van der Waals surface area contributed by atoms with Crippen LogP contribution in [0.25, 0.3) is 0 Å². The molecule has 1 atom stereocenters. The zero-order chi connectivity index (χ0) is 20.2. The van der Waals surface area contributed by atoms with Gasteiger partial charge < -0.3 is 15.2 Å². The van der Waals surface area contributed by atoms with Crippen LogP contribution in [0.15, 0.2) is 41.7 Å². The Morgan fingerprint density at radius 2 is 1.93 bits per heavy atom. The lowest BCUT2D eigenvalue weighted by atomic mass is 10.2. The summed E-state index contributed by atoms with van der Waals surface area (Å²) in [7, 11) is -3.83. The zero-order valence-electron chi connectivity index (χ0n) is 15.8. The van der Waals surface area contributed by atoms with Crippen molar-refractivity contribution in [2.24, 2.45) is 0 Å². The number of carbonyl (C=O) groups is 1. The van der Waals surface area contributed by atoms with Gasteiger partial charge in [0.15, 0.2) is 0 Å². The molecule has 1 amide bonds. The normalized spacial score (nSPS) is 13.2. The molecule has 0 fully saturated rings. The van der Waals surface area contributed by atoms with Gasteiger partial charge >= 0.3 is 6.09 Å². The van der Waals surface area contributed by atoms with E-state index in [1.54, 1.807) is 32.9 Å². The Bertz CT molecular complexity index is 882. The largest absolute Gasteiger partial charge is 0.444 e. The summed E-state index contributed by atoms with van der Waals surface area (Å²) < 4.78 is 31.9. The number of benzene rings is 1. The topological polar surface area (TPSA) is 111 Å². The van der Waals surface area contributed by atoms with Crippen molar-refractivity contribution >= 4 is 16.1 Å². The number of aromatic nitrogens is 2. The SMILES string of the molecule is Cc1ccc(S(=O)(=O)n2cncc2C[C@@H](CO)NC(=O)OC(C)(C)C)cc1. The predicted molar refractivity (Wildman–Crippen MR) is 99.9 cm³/mol. The summed E-state index contributed by atoms with van der Waals surface area (Å²) in [6, 6.07) is 5.76. The fourth-order valence-electron chi connectivity index (χ4n) is 2.38. The molecule has 1 heterocycles. The molecule has 9 heteroatoms. The van der Waals surface area contributed by atoms with Crippen molar-refractivity contribution in [3.63, 3.8) is 0 Å². The maximum absolute atomic E-state index is 12.9. The predicted octanol–water partition coefficient (Wildman–Crippen LogP) is 1.86. The molecule has 0 aliphatic carbocycles. The molecule has 1 aromatic heterocycles. The first-order valence-electron chi connectivity index (χ1n) is 8.47. The van der Waals surface area contributed by atoms with E-state index in [4.69, 9.17) is 4.74 Å². The monoisotopic (exact) mass is 395 g/mol. The minimum absolute atomic E-state index is 0.0703. The molecule has 0 radical (unpaired) electrons. The van der Waals surface area contributed by atoms with Crippen LogP contribution in [0.4, 0.5) is 4.79 Å². The van der Waals surface area contributed by atoms with E-state index >= 15 is 0 Å². The standard InChI is InChI=1S/C18H25N3O5S/c1-13-5-7-16(8-6-13)27(24,25)21-12-19-10-15(21)9-14(11-22)20-17(23)26-18(2,3)4/h5-8,10,12,14,22H,9,11H2,1-4H3,(H,20,23)/t14-/m0/s1. The van der Waals surface area contributed by atoms with Gasteiger partial charge in [-0.15, -0.1) is 0 Å². The van der Waals surface area contributed by atoms with Gasteiger partial charge in [0.1, 0.15) is 11.9 Å². The summed E-state index contributed by atoms with van der Waals surface area (Å²) >= 11 is 0. The lowest BCUT2D eigenvalue weighted by Gasteiger charge is -2.23. The molecule has 8 nitrogen and oxygen atoms in total. The molecule has 0 unspecified atom stereocenters. The van der Waals surface area contributed by atoms with Gasteiger partial charge in [0, 0.05) is 12.6 Å². The van der Waals surface area contributed by atoms with E-state index in [1.807, 2.05) is 6.92 Å². The van der Waals surface area contributed by atoms with E-state index in [0.29, 0.717) is 5.69 Å². The Kier molecular flexibility index (Phi) is 6.27. The first-order chi connectivity index (χ1) is 12.5. The molecule has 0 saturated heterocycles. The van der Waals surface area contributed by atoms with Crippen LogP contribution in [0.1, 0.15) is 32.0 Å². The number of carbonyl (C=O) groups excluding carboxylic acids is 1. The maximum Gasteiger partial charge on any atom is 0.407 e. The maximum atomic E-state index is 12.9. The molecule has 0 aliphatic heterocycles. The summed E-state index contributed by atoms with van der Waals surface area (Å²) in [5.41, 5.74) is 0.605. The van der Waals surface area contributed by atoms with Crippen molar-refractivity contribution in [1.82, 2.24) is 14.3 Å². The number of nitrogens with zero attached hydrogens (tertiary/aromatic N) is 2. The molecular weight excluding hydrogens is 370 g/mol. The Balaban J connectivity index is 2.20. The number of ether oxygens (including phenoxy) is 1. The van der Waals surface area contributed by atoms with E-state index in [0.717, 1.165) is 9.54 Å². The van der Waals surface area contributed by atoms with Crippen molar-refractivity contribution in [2.45, 2.75) is 50.7 Å². The molecule has 148 valence electrons. The summed E-state index contributed by atoms with van der Waals surface area (Å²) in [4.78, 5) is 16.0. The lowest BCUT2D eigenvalue weighted by Crippen LogP contribution is -2.42. The minimum atomic E-state index is -3.83. The van der Waals surface area contributed by atoms with Crippen molar-refractivity contribution in [3.05, 3.63) is 48.0 Å². The van der Waals surface area contributed by atoms with Gasteiger partial charge in [0.2, 0.25) is 0 Å². The average molecular weight is 395 g/mol. The van der Waals surface area contributed by atoms with Crippen LogP contribution in [0, 0.1) is 6.92 Å². The summed E-state index contributed by atoms with van der Waals surface area (Å²) in [6.07, 6.45) is 1.98. The van der Waals surface area contributed by atoms with Crippen LogP contribution in [0.2, 0.25) is 0 Å². The van der Waals surface area contributed by atoms with Crippen molar-refractivity contribution in [3.8, 4) is 0 Å². The molecule has 1 aromatic carbocycles. The highest BCUT2D eigenvalue weighted by atomic mass is 32.2. The summed E-state index contributed by atoms with van der Waals surface area (Å²) in [5, 5.41) is 12.1. The quantitative estimate of drug-likeness (QED) is 0.772. The van der Waals surface area contributed by atoms with Gasteiger partial charge in [-0.3, -0.25) is 0 Å². The van der Waals surface area contributed by atoms with Crippen LogP contribution in [-0.2, 0) is 21.2 Å². The number of aliphatic hydroxyl groups excluding tert-OH is 1. The molecule has 0 spiro atoms. The van der Waals surface area contributed by atoms with E-state index in [1.165, 1.54) is 24.7 Å². The fourth-order valence-corrected chi connectivity index (χ4v) is 3.70. The zero-order valence-corrected chi connectivity index (χ0v) is 16.7. The number of aliphatic hydroxyl groups is 1. The molecular formula is C18H25N3O5S. The highest BCUT2D eigenvalue weighted by Gasteiger charge is 2.24. The Labute approximate surface area is 159 Å². The van der Waals surface area contributed by atoms with Gasteiger partial charge in [-0.05, 0) is 39.8 Å².